The number of hydrogen-bond acceptors (Lipinski definition) is 5. The molecule has 7 nitrogen and oxygen atoms in total. The van der Waals surface area contributed by atoms with E-state index < -0.39 is 15.4 Å². The molecule has 0 aliphatic heterocycles. The largest absolute Gasteiger partial charge is 0.352 e. The molecule has 0 saturated heterocycles. The van der Waals surface area contributed by atoms with Crippen LogP contribution in [0.3, 0.4) is 0 Å². The maximum atomic E-state index is 12.7. The first-order chi connectivity index (χ1) is 12.9. The number of rotatable bonds is 5. The maximum Gasteiger partial charge on any atom is 0.267 e. The van der Waals surface area contributed by atoms with Crippen LogP contribution < -0.4 is 10.9 Å². The van der Waals surface area contributed by atoms with E-state index in [2.05, 4.69) is 10.4 Å². The average Bonchev–Trinajstić information content (AvgIpc) is 2.64. The van der Waals surface area contributed by atoms with Crippen molar-refractivity contribution in [3.05, 3.63) is 52.3 Å². The standard InChI is InChI=1S/C19H23N3O4S/c1-14-7-9-16(10-8-14)27(25,26)18-11-12-19(24)22(21-18)13-17(23)20-15-5-3-2-4-6-15/h7-12,15H,2-6,13H2,1H3,(H,20,23). The summed E-state index contributed by atoms with van der Waals surface area (Å²) in [5.41, 5.74) is 0.419. The normalized spacial score (nSPS) is 15.4. The molecule has 2 aromatic rings. The minimum Gasteiger partial charge on any atom is -0.352 e. The van der Waals surface area contributed by atoms with Gasteiger partial charge in [-0.2, -0.15) is 5.10 Å². The third-order valence-corrected chi connectivity index (χ3v) is 6.37. The van der Waals surface area contributed by atoms with E-state index in [1.165, 1.54) is 24.6 Å². The number of carbonyl (C=O) groups excluding carboxylic acids is 1. The van der Waals surface area contributed by atoms with Crippen LogP contribution in [0.5, 0.6) is 0 Å². The van der Waals surface area contributed by atoms with Gasteiger partial charge in [-0.25, -0.2) is 13.1 Å². The molecule has 1 fully saturated rings. The Morgan fingerprint density at radius 1 is 1.11 bits per heavy atom. The second kappa shape index (κ2) is 8.04. The van der Waals surface area contributed by atoms with Gasteiger partial charge in [-0.15, -0.1) is 0 Å². The van der Waals surface area contributed by atoms with Crippen molar-refractivity contribution in [3.63, 3.8) is 0 Å². The lowest BCUT2D eigenvalue weighted by Gasteiger charge is -2.22. The highest BCUT2D eigenvalue weighted by atomic mass is 32.2. The van der Waals surface area contributed by atoms with E-state index in [1.807, 2.05) is 6.92 Å². The molecular formula is C19H23N3O4S. The summed E-state index contributed by atoms with van der Waals surface area (Å²) in [4.78, 5) is 24.4. The number of benzene rings is 1. The Morgan fingerprint density at radius 3 is 2.44 bits per heavy atom. The van der Waals surface area contributed by atoms with Gasteiger partial charge in [0.05, 0.1) is 4.90 Å². The molecule has 3 rings (SSSR count). The molecule has 1 N–H and O–H groups in total. The molecular weight excluding hydrogens is 366 g/mol. The summed E-state index contributed by atoms with van der Waals surface area (Å²) < 4.78 is 26.4. The minimum absolute atomic E-state index is 0.0949. The second-order valence-electron chi connectivity index (χ2n) is 6.89. The smallest absolute Gasteiger partial charge is 0.267 e. The Labute approximate surface area is 158 Å². The monoisotopic (exact) mass is 389 g/mol. The zero-order valence-corrected chi connectivity index (χ0v) is 16.0. The molecule has 1 aliphatic carbocycles. The number of hydrogen-bond donors (Lipinski definition) is 1. The summed E-state index contributed by atoms with van der Waals surface area (Å²) in [5, 5.41) is 6.58. The number of aryl methyl sites for hydroxylation is 1. The lowest BCUT2D eigenvalue weighted by molar-refractivity contribution is -0.122. The van der Waals surface area contributed by atoms with Gasteiger partial charge in [0.1, 0.15) is 6.54 Å². The van der Waals surface area contributed by atoms with Crippen molar-refractivity contribution in [2.75, 3.05) is 0 Å². The first-order valence-corrected chi connectivity index (χ1v) is 10.5. The molecule has 27 heavy (non-hydrogen) atoms. The number of amides is 1. The van der Waals surface area contributed by atoms with E-state index >= 15 is 0 Å². The summed E-state index contributed by atoms with van der Waals surface area (Å²) in [6, 6.07) is 8.80. The summed E-state index contributed by atoms with van der Waals surface area (Å²) in [6.07, 6.45) is 5.18. The molecule has 0 atom stereocenters. The van der Waals surface area contributed by atoms with Crippen LogP contribution in [0.4, 0.5) is 0 Å². The van der Waals surface area contributed by atoms with Crippen molar-refractivity contribution < 1.29 is 13.2 Å². The van der Waals surface area contributed by atoms with Crippen molar-refractivity contribution in [2.45, 2.75) is 61.5 Å². The Bertz CT molecular complexity index is 975. The van der Waals surface area contributed by atoms with Crippen LogP contribution in [0.1, 0.15) is 37.7 Å². The highest BCUT2D eigenvalue weighted by molar-refractivity contribution is 7.91. The van der Waals surface area contributed by atoms with Crippen LogP contribution in [0.25, 0.3) is 0 Å². The van der Waals surface area contributed by atoms with Gasteiger partial charge in [-0.1, -0.05) is 37.0 Å². The SMILES string of the molecule is Cc1ccc(S(=O)(=O)c2ccc(=O)n(CC(=O)NC3CCCCC3)n2)cc1. The molecule has 1 aromatic heterocycles. The molecule has 0 spiro atoms. The van der Waals surface area contributed by atoms with Crippen LogP contribution in [0.15, 0.2) is 51.1 Å². The number of aromatic nitrogens is 2. The Kier molecular flexibility index (Phi) is 5.74. The van der Waals surface area contributed by atoms with Gasteiger partial charge in [0, 0.05) is 12.1 Å². The number of sulfone groups is 1. The summed E-state index contributed by atoms with van der Waals surface area (Å²) >= 11 is 0. The fraction of sp³-hybridized carbons (Fsp3) is 0.421. The molecule has 1 saturated carbocycles. The first-order valence-electron chi connectivity index (χ1n) is 9.05. The van der Waals surface area contributed by atoms with Crippen molar-refractivity contribution in [3.8, 4) is 0 Å². The third-order valence-electron chi connectivity index (χ3n) is 4.71. The van der Waals surface area contributed by atoms with E-state index in [0.29, 0.717) is 0 Å². The van der Waals surface area contributed by atoms with Crippen molar-refractivity contribution in [1.82, 2.24) is 15.1 Å². The Hall–Kier alpha value is -2.48. The van der Waals surface area contributed by atoms with Crippen LogP contribution in [-0.2, 0) is 21.2 Å². The quantitative estimate of drug-likeness (QED) is 0.841. The third kappa shape index (κ3) is 4.63. The zero-order valence-electron chi connectivity index (χ0n) is 15.2. The Morgan fingerprint density at radius 2 is 1.78 bits per heavy atom. The van der Waals surface area contributed by atoms with E-state index in [9.17, 15) is 18.0 Å². The van der Waals surface area contributed by atoms with Gasteiger partial charge in [-0.3, -0.25) is 9.59 Å². The summed E-state index contributed by atoms with van der Waals surface area (Å²) in [7, 11) is -3.86. The van der Waals surface area contributed by atoms with Gasteiger partial charge in [-0.05, 0) is 38.0 Å². The lowest BCUT2D eigenvalue weighted by atomic mass is 9.95. The van der Waals surface area contributed by atoms with Crippen LogP contribution >= 0.6 is 0 Å². The fourth-order valence-electron chi connectivity index (χ4n) is 3.18. The van der Waals surface area contributed by atoms with Crippen LogP contribution in [0.2, 0.25) is 0 Å². The van der Waals surface area contributed by atoms with Gasteiger partial charge in [0.2, 0.25) is 15.7 Å². The highest BCUT2D eigenvalue weighted by Crippen LogP contribution is 2.19. The Balaban J connectivity index is 1.80. The lowest BCUT2D eigenvalue weighted by Crippen LogP contribution is -2.40. The maximum absolute atomic E-state index is 12.7. The molecule has 1 aromatic carbocycles. The second-order valence-corrected chi connectivity index (χ2v) is 8.78. The molecule has 8 heteroatoms. The number of nitrogens with zero attached hydrogens (tertiary/aromatic N) is 2. The van der Waals surface area contributed by atoms with Crippen molar-refractivity contribution in [1.29, 1.82) is 0 Å². The molecule has 0 bridgehead atoms. The van der Waals surface area contributed by atoms with Crippen LogP contribution in [0, 0.1) is 6.92 Å². The van der Waals surface area contributed by atoms with Crippen molar-refractivity contribution >= 4 is 15.7 Å². The molecule has 1 amide bonds. The zero-order chi connectivity index (χ0) is 19.4. The predicted octanol–water partition coefficient (Wildman–Crippen LogP) is 1.83. The average molecular weight is 389 g/mol. The molecule has 1 heterocycles. The minimum atomic E-state index is -3.86. The molecule has 0 radical (unpaired) electrons. The van der Waals surface area contributed by atoms with Gasteiger partial charge in [0.25, 0.3) is 5.56 Å². The number of nitrogens with one attached hydrogen (secondary N) is 1. The predicted molar refractivity (Wildman–Crippen MR) is 100 cm³/mol. The van der Waals surface area contributed by atoms with E-state index in [4.69, 9.17) is 0 Å². The summed E-state index contributed by atoms with van der Waals surface area (Å²) in [6.45, 7) is 1.56. The molecule has 144 valence electrons. The van der Waals surface area contributed by atoms with Gasteiger partial charge in [0.15, 0.2) is 5.03 Å². The first kappa shape index (κ1) is 19.3. The van der Waals surface area contributed by atoms with Crippen molar-refractivity contribution in [2.24, 2.45) is 0 Å². The van der Waals surface area contributed by atoms with Gasteiger partial charge >= 0.3 is 0 Å². The van der Waals surface area contributed by atoms with Crippen LogP contribution in [-0.4, -0.2) is 30.1 Å². The molecule has 1 aliphatic rings. The summed E-state index contributed by atoms with van der Waals surface area (Å²) in [5.74, 6) is -0.332. The molecule has 0 unspecified atom stereocenters. The van der Waals surface area contributed by atoms with E-state index in [1.54, 1.807) is 12.1 Å². The van der Waals surface area contributed by atoms with E-state index in [0.717, 1.165) is 42.0 Å². The topological polar surface area (TPSA) is 98.1 Å². The fourth-order valence-corrected chi connectivity index (χ4v) is 4.37. The van der Waals surface area contributed by atoms with Gasteiger partial charge < -0.3 is 5.32 Å². The number of carbonyl (C=O) groups is 1. The van der Waals surface area contributed by atoms with E-state index in [-0.39, 0.29) is 28.4 Å². The highest BCUT2D eigenvalue weighted by Gasteiger charge is 2.21.